The number of amides is 2. The first-order chi connectivity index (χ1) is 12.6. The van der Waals surface area contributed by atoms with E-state index in [0.29, 0.717) is 5.56 Å². The topological polar surface area (TPSA) is 49.4 Å². The molecule has 0 unspecified atom stereocenters. The van der Waals surface area contributed by atoms with Crippen LogP contribution in [0.25, 0.3) is 0 Å². The van der Waals surface area contributed by atoms with E-state index >= 15 is 0 Å². The molecule has 4 nitrogen and oxygen atoms in total. The smallest absolute Gasteiger partial charge is 0.257 e. The van der Waals surface area contributed by atoms with Gasteiger partial charge in [-0.3, -0.25) is 9.59 Å². The number of carbonyl (C=O) groups is 2. The summed E-state index contributed by atoms with van der Waals surface area (Å²) in [4.78, 5) is 29.1. The van der Waals surface area contributed by atoms with E-state index in [1.165, 1.54) is 16.9 Å². The Morgan fingerprint density at radius 3 is 2.65 bits per heavy atom. The average Bonchev–Trinajstić information content (AvgIpc) is 3.22. The van der Waals surface area contributed by atoms with E-state index < -0.39 is 0 Å². The SMILES string of the molecule is Cc1cccc(C(=O)Nc2sc3c(c2C(=O)N2CCCCC2)CCC3)c1. The molecule has 2 amide bonds. The second-order valence-electron chi connectivity index (χ2n) is 7.24. The van der Waals surface area contributed by atoms with Crippen LogP contribution in [0.3, 0.4) is 0 Å². The van der Waals surface area contributed by atoms with Crippen molar-refractivity contribution < 1.29 is 9.59 Å². The van der Waals surface area contributed by atoms with E-state index in [0.717, 1.165) is 61.3 Å². The molecular weight excluding hydrogens is 344 g/mol. The number of thiophene rings is 1. The Kier molecular flexibility index (Phi) is 4.81. The van der Waals surface area contributed by atoms with Gasteiger partial charge in [0.15, 0.2) is 0 Å². The molecule has 1 aromatic carbocycles. The fourth-order valence-electron chi connectivity index (χ4n) is 3.94. The van der Waals surface area contributed by atoms with Crippen molar-refractivity contribution in [2.75, 3.05) is 18.4 Å². The minimum atomic E-state index is -0.138. The Morgan fingerprint density at radius 1 is 1.08 bits per heavy atom. The van der Waals surface area contributed by atoms with Crippen molar-refractivity contribution >= 4 is 28.2 Å². The fraction of sp³-hybridized carbons (Fsp3) is 0.429. The van der Waals surface area contributed by atoms with Gasteiger partial charge in [-0.1, -0.05) is 17.7 Å². The minimum absolute atomic E-state index is 0.101. The maximum atomic E-state index is 13.2. The van der Waals surface area contributed by atoms with Crippen LogP contribution in [0.5, 0.6) is 0 Å². The summed E-state index contributed by atoms with van der Waals surface area (Å²) in [5.74, 6) is -0.0371. The van der Waals surface area contributed by atoms with E-state index in [9.17, 15) is 9.59 Å². The van der Waals surface area contributed by atoms with Crippen LogP contribution in [0.4, 0.5) is 5.00 Å². The normalized spacial score (nSPS) is 16.4. The highest BCUT2D eigenvalue weighted by atomic mass is 32.1. The van der Waals surface area contributed by atoms with Crippen LogP contribution < -0.4 is 5.32 Å². The second kappa shape index (κ2) is 7.23. The third kappa shape index (κ3) is 3.28. The van der Waals surface area contributed by atoms with Gasteiger partial charge in [0.25, 0.3) is 11.8 Å². The van der Waals surface area contributed by atoms with Crippen LogP contribution >= 0.6 is 11.3 Å². The number of nitrogens with one attached hydrogen (secondary N) is 1. The first-order valence-electron chi connectivity index (χ1n) is 9.45. The highest BCUT2D eigenvalue weighted by Gasteiger charge is 2.30. The van der Waals surface area contributed by atoms with Gasteiger partial charge in [0.2, 0.25) is 0 Å². The van der Waals surface area contributed by atoms with Gasteiger partial charge < -0.3 is 10.2 Å². The number of aryl methyl sites for hydroxylation is 2. The Bertz CT molecular complexity index is 850. The Balaban J connectivity index is 1.64. The highest BCUT2D eigenvalue weighted by molar-refractivity contribution is 7.17. The van der Waals surface area contributed by atoms with Gasteiger partial charge in [-0.05, 0) is 63.1 Å². The summed E-state index contributed by atoms with van der Waals surface area (Å²) in [5.41, 5.74) is 3.61. The van der Waals surface area contributed by atoms with Crippen LogP contribution in [0.15, 0.2) is 24.3 Å². The number of piperidine rings is 1. The van der Waals surface area contributed by atoms with Gasteiger partial charge in [0.05, 0.1) is 5.56 Å². The molecule has 1 aliphatic heterocycles. The molecule has 5 heteroatoms. The zero-order valence-electron chi connectivity index (χ0n) is 15.1. The monoisotopic (exact) mass is 368 g/mol. The number of hydrogen-bond donors (Lipinski definition) is 1. The van der Waals surface area contributed by atoms with Crippen LogP contribution in [-0.2, 0) is 12.8 Å². The number of anilines is 1. The molecule has 136 valence electrons. The van der Waals surface area contributed by atoms with Crippen molar-refractivity contribution in [3.05, 3.63) is 51.4 Å². The Morgan fingerprint density at radius 2 is 1.88 bits per heavy atom. The molecule has 2 aliphatic rings. The second-order valence-corrected chi connectivity index (χ2v) is 8.34. The molecule has 1 saturated heterocycles. The van der Waals surface area contributed by atoms with Crippen LogP contribution in [0.1, 0.15) is 62.4 Å². The van der Waals surface area contributed by atoms with E-state index in [-0.39, 0.29) is 11.8 Å². The molecule has 2 aromatic rings. The van der Waals surface area contributed by atoms with E-state index in [1.54, 1.807) is 11.3 Å². The highest BCUT2D eigenvalue weighted by Crippen LogP contribution is 2.40. The summed E-state index contributed by atoms with van der Waals surface area (Å²) < 4.78 is 0. The number of fused-ring (bicyclic) bond motifs is 1. The molecule has 1 N–H and O–H groups in total. The lowest BCUT2D eigenvalue weighted by Crippen LogP contribution is -2.36. The molecule has 2 heterocycles. The summed E-state index contributed by atoms with van der Waals surface area (Å²) in [6, 6.07) is 7.55. The molecule has 0 radical (unpaired) electrons. The maximum Gasteiger partial charge on any atom is 0.257 e. The molecule has 0 saturated carbocycles. The number of nitrogens with zero attached hydrogens (tertiary/aromatic N) is 1. The van der Waals surface area contributed by atoms with Crippen LogP contribution in [0.2, 0.25) is 0 Å². The van der Waals surface area contributed by atoms with Gasteiger partial charge in [0, 0.05) is 23.5 Å². The molecule has 26 heavy (non-hydrogen) atoms. The lowest BCUT2D eigenvalue weighted by molar-refractivity contribution is 0.0725. The minimum Gasteiger partial charge on any atom is -0.339 e. The zero-order valence-corrected chi connectivity index (χ0v) is 16.0. The van der Waals surface area contributed by atoms with Crippen molar-refractivity contribution in [1.29, 1.82) is 0 Å². The van der Waals surface area contributed by atoms with Crippen molar-refractivity contribution in [3.63, 3.8) is 0 Å². The third-order valence-electron chi connectivity index (χ3n) is 5.29. The quantitative estimate of drug-likeness (QED) is 0.872. The summed E-state index contributed by atoms with van der Waals surface area (Å²) >= 11 is 1.59. The molecule has 0 spiro atoms. The first-order valence-corrected chi connectivity index (χ1v) is 10.3. The Hall–Kier alpha value is -2.14. The van der Waals surface area contributed by atoms with Crippen LogP contribution in [-0.4, -0.2) is 29.8 Å². The van der Waals surface area contributed by atoms with Crippen molar-refractivity contribution in [3.8, 4) is 0 Å². The molecule has 0 atom stereocenters. The lowest BCUT2D eigenvalue weighted by atomic mass is 10.1. The zero-order chi connectivity index (χ0) is 18.1. The maximum absolute atomic E-state index is 13.2. The fourth-order valence-corrected chi connectivity index (χ4v) is 5.21. The molecule has 1 aromatic heterocycles. The van der Waals surface area contributed by atoms with Gasteiger partial charge in [-0.15, -0.1) is 11.3 Å². The number of hydrogen-bond acceptors (Lipinski definition) is 3. The third-order valence-corrected chi connectivity index (χ3v) is 6.49. The summed E-state index contributed by atoms with van der Waals surface area (Å²) in [6.45, 7) is 3.63. The van der Waals surface area contributed by atoms with E-state index in [4.69, 9.17) is 0 Å². The van der Waals surface area contributed by atoms with Gasteiger partial charge >= 0.3 is 0 Å². The van der Waals surface area contributed by atoms with E-state index in [1.807, 2.05) is 36.1 Å². The summed E-state index contributed by atoms with van der Waals surface area (Å²) in [5, 5.41) is 3.77. The molecule has 4 rings (SSSR count). The molecule has 0 bridgehead atoms. The number of likely N-dealkylation sites (tertiary alicyclic amines) is 1. The predicted octanol–water partition coefficient (Wildman–Crippen LogP) is 4.42. The predicted molar refractivity (Wildman–Crippen MR) is 105 cm³/mol. The van der Waals surface area contributed by atoms with Crippen molar-refractivity contribution in [2.45, 2.75) is 45.4 Å². The molecule has 1 aliphatic carbocycles. The summed E-state index contributed by atoms with van der Waals surface area (Å²) in [6.07, 6.45) is 6.41. The van der Waals surface area contributed by atoms with E-state index in [2.05, 4.69) is 5.32 Å². The van der Waals surface area contributed by atoms with Crippen molar-refractivity contribution in [2.24, 2.45) is 0 Å². The van der Waals surface area contributed by atoms with Crippen molar-refractivity contribution in [1.82, 2.24) is 4.90 Å². The first kappa shape index (κ1) is 17.3. The number of rotatable bonds is 3. The molecule has 1 fully saturated rings. The van der Waals surface area contributed by atoms with Gasteiger partial charge in [-0.2, -0.15) is 0 Å². The number of benzene rings is 1. The Labute approximate surface area is 158 Å². The standard InChI is InChI=1S/C21H24N2O2S/c1-14-7-5-8-15(13-14)19(24)22-20-18(16-9-6-10-17(16)26-20)21(25)23-11-3-2-4-12-23/h5,7-8,13H,2-4,6,9-12H2,1H3,(H,22,24). The average molecular weight is 369 g/mol. The van der Waals surface area contributed by atoms with Crippen LogP contribution in [0, 0.1) is 6.92 Å². The lowest BCUT2D eigenvalue weighted by Gasteiger charge is -2.27. The van der Waals surface area contributed by atoms with Gasteiger partial charge in [-0.25, -0.2) is 0 Å². The van der Waals surface area contributed by atoms with Gasteiger partial charge in [0.1, 0.15) is 5.00 Å². The number of carbonyl (C=O) groups excluding carboxylic acids is 2. The largest absolute Gasteiger partial charge is 0.339 e. The molecular formula is C21H24N2O2S. The summed E-state index contributed by atoms with van der Waals surface area (Å²) in [7, 11) is 0.